The molecule has 3 rings (SSSR count). The van der Waals surface area contributed by atoms with Gasteiger partial charge in [-0.1, -0.05) is 18.2 Å². The second kappa shape index (κ2) is 3.98. The highest BCUT2D eigenvalue weighted by Gasteiger charge is 2.49. The number of rotatable bonds is 2. The van der Waals surface area contributed by atoms with Gasteiger partial charge in [-0.3, -0.25) is 4.90 Å². The van der Waals surface area contributed by atoms with Gasteiger partial charge in [0, 0.05) is 18.5 Å². The summed E-state index contributed by atoms with van der Waals surface area (Å²) >= 11 is 0. The number of nitrogens with one attached hydrogen (secondary N) is 1. The Labute approximate surface area is 110 Å². The van der Waals surface area contributed by atoms with Crippen LogP contribution in [0.3, 0.4) is 0 Å². The second-order valence-electron chi connectivity index (χ2n) is 5.04. The van der Waals surface area contributed by atoms with E-state index in [0.717, 1.165) is 0 Å². The Hall–Kier alpha value is -2.04. The molecule has 1 saturated heterocycles. The number of ether oxygens (including phenoxy) is 1. The maximum absolute atomic E-state index is 13.9. The summed E-state index contributed by atoms with van der Waals surface area (Å²) < 4.78 is 19.7. The number of nitrogens with zero attached hydrogens (tertiary/aromatic N) is 1. The third kappa shape index (κ3) is 1.69. The summed E-state index contributed by atoms with van der Waals surface area (Å²) in [5.41, 5.74) is -0.139. The average Bonchev–Trinajstić information content (AvgIpc) is 2.36. The third-order valence-electron chi connectivity index (χ3n) is 3.70. The number of fused-ring (bicyclic) bond motifs is 4. The molecule has 2 atom stereocenters. The zero-order valence-corrected chi connectivity index (χ0v) is 10.6. The highest BCUT2D eigenvalue weighted by Crippen LogP contribution is 2.44. The number of carbonyl (C=O) groups excluding carboxylic acids is 1. The van der Waals surface area contributed by atoms with Gasteiger partial charge in [0.2, 0.25) is 0 Å². The molecule has 100 valence electrons. The van der Waals surface area contributed by atoms with E-state index in [1.165, 1.54) is 11.0 Å². The molecule has 0 spiro atoms. The number of halogens is 1. The number of hydrogen-bond acceptors (Lipinski definition) is 2. The van der Waals surface area contributed by atoms with Gasteiger partial charge in [-0.15, -0.1) is 6.58 Å². The molecule has 2 amide bonds. The van der Waals surface area contributed by atoms with E-state index < -0.39 is 11.5 Å². The minimum absolute atomic E-state index is 0.210. The highest BCUT2D eigenvalue weighted by atomic mass is 19.1. The molecule has 5 heteroatoms. The van der Waals surface area contributed by atoms with Gasteiger partial charge in [-0.05, 0) is 13.0 Å². The molecule has 2 aliphatic rings. The van der Waals surface area contributed by atoms with Crippen molar-refractivity contribution in [2.75, 3.05) is 6.54 Å². The molecular weight excluding hydrogens is 247 g/mol. The molecule has 2 bridgehead atoms. The number of benzene rings is 1. The molecule has 2 unspecified atom stereocenters. The first kappa shape index (κ1) is 12.0. The molecule has 1 aromatic carbocycles. The van der Waals surface area contributed by atoms with Crippen molar-refractivity contribution in [1.82, 2.24) is 10.2 Å². The fourth-order valence-electron chi connectivity index (χ4n) is 2.80. The van der Waals surface area contributed by atoms with Crippen molar-refractivity contribution in [3.8, 4) is 5.75 Å². The summed E-state index contributed by atoms with van der Waals surface area (Å²) in [7, 11) is 0. The van der Waals surface area contributed by atoms with Crippen LogP contribution in [0.15, 0.2) is 30.9 Å². The molecule has 0 aromatic heterocycles. The van der Waals surface area contributed by atoms with Gasteiger partial charge >= 0.3 is 6.03 Å². The lowest BCUT2D eigenvalue weighted by molar-refractivity contribution is -0.0811. The fraction of sp³-hybridized carbons (Fsp3) is 0.357. The van der Waals surface area contributed by atoms with E-state index in [9.17, 15) is 9.18 Å². The van der Waals surface area contributed by atoms with Crippen LogP contribution in [0.1, 0.15) is 24.9 Å². The van der Waals surface area contributed by atoms with Crippen LogP contribution in [0.5, 0.6) is 5.75 Å². The van der Waals surface area contributed by atoms with Crippen LogP contribution in [-0.4, -0.2) is 23.2 Å². The Bertz CT molecular complexity index is 560. The first-order valence-corrected chi connectivity index (χ1v) is 6.21. The Balaban J connectivity index is 2.08. The maximum atomic E-state index is 13.9. The monoisotopic (exact) mass is 262 g/mol. The summed E-state index contributed by atoms with van der Waals surface area (Å²) in [6, 6.07) is 4.35. The molecule has 0 saturated carbocycles. The molecule has 1 N–H and O–H groups in total. The normalized spacial score (nSPS) is 28.2. The van der Waals surface area contributed by atoms with E-state index in [1.54, 1.807) is 25.1 Å². The van der Waals surface area contributed by atoms with Crippen molar-refractivity contribution in [3.63, 3.8) is 0 Å². The Morgan fingerprint density at radius 1 is 1.68 bits per heavy atom. The number of urea groups is 1. The van der Waals surface area contributed by atoms with Crippen LogP contribution in [0, 0.1) is 5.82 Å². The molecule has 19 heavy (non-hydrogen) atoms. The van der Waals surface area contributed by atoms with E-state index in [0.29, 0.717) is 18.5 Å². The van der Waals surface area contributed by atoms with Crippen molar-refractivity contribution in [1.29, 1.82) is 0 Å². The summed E-state index contributed by atoms with van der Waals surface area (Å²) in [6.07, 6.45) is 2.22. The number of carbonyl (C=O) groups is 1. The van der Waals surface area contributed by atoms with Gasteiger partial charge in [0.25, 0.3) is 0 Å². The van der Waals surface area contributed by atoms with Crippen LogP contribution in [-0.2, 0) is 0 Å². The zero-order valence-electron chi connectivity index (χ0n) is 10.6. The minimum Gasteiger partial charge on any atom is -0.465 e. The molecule has 1 fully saturated rings. The van der Waals surface area contributed by atoms with Crippen LogP contribution < -0.4 is 10.1 Å². The molecule has 0 aliphatic carbocycles. The summed E-state index contributed by atoms with van der Waals surface area (Å²) in [6.45, 7) is 5.80. The van der Waals surface area contributed by atoms with E-state index in [4.69, 9.17) is 4.74 Å². The van der Waals surface area contributed by atoms with Crippen molar-refractivity contribution in [2.24, 2.45) is 0 Å². The molecule has 0 radical (unpaired) electrons. The van der Waals surface area contributed by atoms with E-state index in [1.807, 2.05) is 0 Å². The number of hydrogen-bond donors (Lipinski definition) is 1. The first-order chi connectivity index (χ1) is 9.05. The predicted molar refractivity (Wildman–Crippen MR) is 68.2 cm³/mol. The van der Waals surface area contributed by atoms with Crippen LogP contribution in [0.4, 0.5) is 9.18 Å². The van der Waals surface area contributed by atoms with Gasteiger partial charge in [0.1, 0.15) is 0 Å². The Morgan fingerprint density at radius 3 is 3.21 bits per heavy atom. The van der Waals surface area contributed by atoms with Crippen molar-refractivity contribution in [2.45, 2.75) is 25.1 Å². The average molecular weight is 262 g/mol. The lowest BCUT2D eigenvalue weighted by Gasteiger charge is -2.50. The van der Waals surface area contributed by atoms with Gasteiger partial charge in [0.15, 0.2) is 17.3 Å². The van der Waals surface area contributed by atoms with E-state index >= 15 is 0 Å². The fourth-order valence-corrected chi connectivity index (χ4v) is 2.80. The number of amides is 2. The SMILES string of the molecule is C=CCN1C(=O)NC2CC1(C)Oc1c(F)cccc12. The molecule has 4 nitrogen and oxygen atoms in total. The lowest BCUT2D eigenvalue weighted by Crippen LogP contribution is -2.64. The van der Waals surface area contributed by atoms with Crippen LogP contribution >= 0.6 is 0 Å². The van der Waals surface area contributed by atoms with Gasteiger partial charge in [0.05, 0.1) is 6.04 Å². The Kier molecular flexibility index (Phi) is 2.52. The summed E-state index contributed by atoms with van der Waals surface area (Å²) in [5.74, 6) is -0.168. The topological polar surface area (TPSA) is 41.6 Å². The smallest absolute Gasteiger partial charge is 0.321 e. The van der Waals surface area contributed by atoms with Crippen molar-refractivity contribution >= 4 is 6.03 Å². The first-order valence-electron chi connectivity index (χ1n) is 6.21. The van der Waals surface area contributed by atoms with Crippen molar-refractivity contribution < 1.29 is 13.9 Å². The van der Waals surface area contributed by atoms with Crippen molar-refractivity contribution in [3.05, 3.63) is 42.2 Å². The molecule has 2 heterocycles. The van der Waals surface area contributed by atoms with Crippen LogP contribution in [0.25, 0.3) is 0 Å². The standard InChI is InChI=1S/C14H15FN2O2/c1-3-7-17-13(18)16-11-8-14(17,2)19-12-9(11)5-4-6-10(12)15/h3-6,11H,1,7-8H2,2H3,(H,16,18). The molecule has 1 aromatic rings. The summed E-state index contributed by atoms with van der Waals surface area (Å²) in [5, 5.41) is 2.88. The van der Waals surface area contributed by atoms with E-state index in [2.05, 4.69) is 11.9 Å². The van der Waals surface area contributed by atoms with Gasteiger partial charge in [-0.2, -0.15) is 0 Å². The Morgan fingerprint density at radius 2 is 2.47 bits per heavy atom. The van der Waals surface area contributed by atoms with Gasteiger partial charge in [-0.25, -0.2) is 9.18 Å². The minimum atomic E-state index is -0.837. The van der Waals surface area contributed by atoms with Gasteiger partial charge < -0.3 is 10.1 Å². The highest BCUT2D eigenvalue weighted by molar-refractivity contribution is 5.77. The molecule has 2 aliphatic heterocycles. The maximum Gasteiger partial charge on any atom is 0.321 e. The van der Waals surface area contributed by atoms with Crippen LogP contribution in [0.2, 0.25) is 0 Å². The molecular formula is C14H15FN2O2. The summed E-state index contributed by atoms with van der Waals surface area (Å²) in [4.78, 5) is 13.6. The van der Waals surface area contributed by atoms with E-state index in [-0.39, 0.29) is 17.8 Å². The predicted octanol–water partition coefficient (Wildman–Crippen LogP) is 2.58. The third-order valence-corrected chi connectivity index (χ3v) is 3.70. The second-order valence-corrected chi connectivity index (χ2v) is 5.04. The largest absolute Gasteiger partial charge is 0.465 e. The number of para-hydroxylation sites is 1. The quantitative estimate of drug-likeness (QED) is 0.832. The lowest BCUT2D eigenvalue weighted by atomic mass is 9.90. The zero-order chi connectivity index (χ0) is 13.6.